The van der Waals surface area contributed by atoms with Crippen LogP contribution in [-0.2, 0) is 45.0 Å². The summed E-state index contributed by atoms with van der Waals surface area (Å²) in [5.41, 5.74) is 4.50. The highest BCUT2D eigenvalue weighted by molar-refractivity contribution is 5.91. The van der Waals surface area contributed by atoms with Crippen LogP contribution in [0.2, 0.25) is 0 Å². The Morgan fingerprint density at radius 2 is 0.879 bits per heavy atom. The summed E-state index contributed by atoms with van der Waals surface area (Å²) >= 11 is 0. The van der Waals surface area contributed by atoms with E-state index in [1.807, 2.05) is 48.5 Å². The third-order valence-corrected chi connectivity index (χ3v) is 11.4. The van der Waals surface area contributed by atoms with E-state index in [1.54, 1.807) is 28.4 Å². The van der Waals surface area contributed by atoms with Gasteiger partial charge in [-0.3, -0.25) is 19.4 Å². The Balaban J connectivity index is 0.00000641. The second kappa shape index (κ2) is 22.4. The van der Waals surface area contributed by atoms with E-state index in [1.165, 1.54) is 11.1 Å². The minimum atomic E-state index is -0.570. The first-order valence-corrected chi connectivity index (χ1v) is 20.2. The molecule has 2 saturated heterocycles. The maximum absolute atomic E-state index is 13.7. The first-order valence-electron chi connectivity index (χ1n) is 20.2. The smallest absolute Gasteiger partial charge is 0.317 e. The zero-order valence-corrected chi connectivity index (χ0v) is 35.1. The van der Waals surface area contributed by atoms with Gasteiger partial charge in [0.05, 0.1) is 28.4 Å². The van der Waals surface area contributed by atoms with Crippen LogP contribution >= 0.6 is 12.4 Å². The zero-order chi connectivity index (χ0) is 40.0. The molecule has 10 nitrogen and oxygen atoms in total. The number of rotatable bonds is 18. The van der Waals surface area contributed by atoms with E-state index in [0.717, 1.165) is 76.1 Å². The van der Waals surface area contributed by atoms with Gasteiger partial charge in [-0.25, -0.2) is 0 Å². The van der Waals surface area contributed by atoms with Crippen molar-refractivity contribution in [2.45, 2.75) is 70.2 Å². The summed E-state index contributed by atoms with van der Waals surface area (Å²) in [6, 6.07) is 32.5. The zero-order valence-electron chi connectivity index (χ0n) is 34.3. The second-order valence-corrected chi connectivity index (χ2v) is 15.2. The van der Waals surface area contributed by atoms with Gasteiger partial charge in [0.25, 0.3) is 0 Å². The summed E-state index contributed by atoms with van der Waals surface area (Å²) in [5, 5.41) is 0. The highest BCUT2D eigenvalue weighted by Crippen LogP contribution is 2.33. The quantitative estimate of drug-likeness (QED) is 0.0728. The van der Waals surface area contributed by atoms with E-state index in [9.17, 15) is 9.59 Å². The standard InChI is InChI=1S/C47H58N2O8.ClH/c1-52-40-17-15-36(29-44(40)54-3)27-42(38-19-23-48(24-20-38)32-34-11-7-5-8-12-34)56-46(50)31-47(51)57-43(28-37-16-18-41(53-2)45(30-37)55-4)39-21-25-49(26-22-39)33-35-13-9-6-10-14-35;/h5-18,29-30,38-39,42-43H,19-28,31-33H2,1-4H3;1H. The Hall–Kier alpha value is -4.77. The summed E-state index contributed by atoms with van der Waals surface area (Å²) in [7, 11) is 6.44. The van der Waals surface area contributed by atoms with Crippen molar-refractivity contribution < 1.29 is 38.0 Å². The van der Waals surface area contributed by atoms with Crippen molar-refractivity contribution in [1.29, 1.82) is 0 Å². The molecule has 0 amide bonds. The number of halogens is 1. The van der Waals surface area contributed by atoms with Crippen molar-refractivity contribution in [3.05, 3.63) is 119 Å². The molecule has 0 saturated carbocycles. The fourth-order valence-electron chi connectivity index (χ4n) is 8.28. The Morgan fingerprint density at radius 3 is 1.22 bits per heavy atom. The normalized spacial score (nSPS) is 16.3. The van der Waals surface area contributed by atoms with Crippen LogP contribution in [0.4, 0.5) is 0 Å². The molecule has 4 aromatic rings. The van der Waals surface area contributed by atoms with Gasteiger partial charge < -0.3 is 28.4 Å². The number of hydrogen-bond acceptors (Lipinski definition) is 10. The number of likely N-dealkylation sites (tertiary alicyclic amines) is 2. The summed E-state index contributed by atoms with van der Waals surface area (Å²) in [6.45, 7) is 5.34. The molecular weight excluding hydrogens is 756 g/mol. The van der Waals surface area contributed by atoms with E-state index in [-0.39, 0.29) is 24.2 Å². The van der Waals surface area contributed by atoms with Crippen LogP contribution in [0.15, 0.2) is 97.1 Å². The minimum absolute atomic E-state index is 0. The van der Waals surface area contributed by atoms with E-state index in [2.05, 4.69) is 58.3 Å². The van der Waals surface area contributed by atoms with E-state index >= 15 is 0 Å². The molecule has 11 heteroatoms. The maximum atomic E-state index is 13.7. The lowest BCUT2D eigenvalue weighted by Gasteiger charge is -2.36. The van der Waals surface area contributed by atoms with E-state index < -0.39 is 30.6 Å². The number of esters is 2. The van der Waals surface area contributed by atoms with Crippen molar-refractivity contribution >= 4 is 24.3 Å². The van der Waals surface area contributed by atoms with Crippen LogP contribution in [0, 0.1) is 11.8 Å². The van der Waals surface area contributed by atoms with Crippen molar-refractivity contribution in [1.82, 2.24) is 9.80 Å². The van der Waals surface area contributed by atoms with Crippen LogP contribution in [-0.4, -0.2) is 88.6 Å². The molecule has 58 heavy (non-hydrogen) atoms. The maximum Gasteiger partial charge on any atom is 0.317 e. The van der Waals surface area contributed by atoms with Crippen molar-refractivity contribution in [2.24, 2.45) is 11.8 Å². The lowest BCUT2D eigenvalue weighted by atomic mass is 9.87. The molecule has 2 unspecified atom stereocenters. The summed E-state index contributed by atoms with van der Waals surface area (Å²) in [6.07, 6.45) is 3.19. The van der Waals surface area contributed by atoms with E-state index in [4.69, 9.17) is 28.4 Å². The van der Waals surface area contributed by atoms with Gasteiger partial charge in [-0.2, -0.15) is 0 Å². The Labute approximate surface area is 350 Å². The average molecular weight is 815 g/mol. The van der Waals surface area contributed by atoms with Crippen molar-refractivity contribution in [3.63, 3.8) is 0 Å². The summed E-state index contributed by atoms with van der Waals surface area (Å²) < 4.78 is 34.6. The number of nitrogens with zero attached hydrogens (tertiary/aromatic N) is 2. The lowest BCUT2D eigenvalue weighted by molar-refractivity contribution is -0.164. The van der Waals surface area contributed by atoms with Crippen molar-refractivity contribution in [3.8, 4) is 23.0 Å². The largest absolute Gasteiger partial charge is 0.493 e. The molecule has 312 valence electrons. The Bertz CT molecular complexity index is 1730. The monoisotopic (exact) mass is 814 g/mol. The molecular formula is C47H59ClN2O8. The molecule has 0 N–H and O–H groups in total. The van der Waals surface area contributed by atoms with Gasteiger partial charge in [-0.1, -0.05) is 72.8 Å². The molecule has 4 aromatic carbocycles. The molecule has 2 aliphatic heterocycles. The van der Waals surface area contributed by atoms with E-state index in [0.29, 0.717) is 35.8 Å². The molecule has 0 aliphatic carbocycles. The number of benzene rings is 4. The molecule has 0 radical (unpaired) electrons. The number of carbonyl (C=O) groups is 2. The average Bonchev–Trinajstić information content (AvgIpc) is 3.24. The summed E-state index contributed by atoms with van der Waals surface area (Å²) in [4.78, 5) is 32.3. The van der Waals surface area contributed by atoms with Gasteiger partial charge in [0.1, 0.15) is 18.6 Å². The van der Waals surface area contributed by atoms with Crippen LogP contribution < -0.4 is 18.9 Å². The number of hydrogen-bond donors (Lipinski definition) is 0. The molecule has 0 bridgehead atoms. The third kappa shape index (κ3) is 12.6. The summed E-state index contributed by atoms with van der Waals surface area (Å²) in [5.74, 6) is 1.63. The SMILES string of the molecule is COc1ccc(CC(OC(=O)CC(=O)OC(Cc2ccc(OC)c(OC)c2)C2CCN(Cc3ccccc3)CC2)C2CCN(Cc3ccccc3)CC2)cc1OC.Cl. The third-order valence-electron chi connectivity index (χ3n) is 11.4. The first-order chi connectivity index (χ1) is 27.8. The molecule has 2 fully saturated rings. The van der Waals surface area contributed by atoms with Gasteiger partial charge in [0, 0.05) is 25.9 Å². The molecule has 2 atom stereocenters. The second-order valence-electron chi connectivity index (χ2n) is 15.2. The van der Waals surface area contributed by atoms with Crippen LogP contribution in [0.5, 0.6) is 23.0 Å². The van der Waals surface area contributed by atoms with Gasteiger partial charge in [-0.15, -0.1) is 12.4 Å². The number of carbonyl (C=O) groups excluding carboxylic acids is 2. The lowest BCUT2D eigenvalue weighted by Crippen LogP contribution is -2.41. The van der Waals surface area contributed by atoms with Crippen molar-refractivity contribution in [2.75, 3.05) is 54.6 Å². The number of piperidine rings is 2. The molecule has 0 spiro atoms. The van der Waals surface area contributed by atoms with Crippen LogP contribution in [0.1, 0.15) is 54.4 Å². The minimum Gasteiger partial charge on any atom is -0.493 e. The Kier molecular flexibility index (Phi) is 17.1. The van der Waals surface area contributed by atoms with Gasteiger partial charge in [0.2, 0.25) is 0 Å². The highest BCUT2D eigenvalue weighted by atomic mass is 35.5. The topological polar surface area (TPSA) is 96.0 Å². The molecule has 6 rings (SSSR count). The highest BCUT2D eigenvalue weighted by Gasteiger charge is 2.33. The molecule has 2 aliphatic rings. The molecule has 0 aromatic heterocycles. The van der Waals surface area contributed by atoms with Crippen LogP contribution in [0.25, 0.3) is 0 Å². The first kappa shape index (κ1) is 44.3. The van der Waals surface area contributed by atoms with Gasteiger partial charge in [0.15, 0.2) is 23.0 Å². The van der Waals surface area contributed by atoms with Gasteiger partial charge in [-0.05, 0) is 110 Å². The predicted molar refractivity (Wildman–Crippen MR) is 227 cm³/mol. The fraction of sp³-hybridized carbons (Fsp3) is 0.447. The predicted octanol–water partition coefficient (Wildman–Crippen LogP) is 7.97. The number of ether oxygens (including phenoxy) is 6. The molecule has 2 heterocycles. The fourth-order valence-corrected chi connectivity index (χ4v) is 8.28. The van der Waals surface area contributed by atoms with Crippen LogP contribution in [0.3, 0.4) is 0 Å². The number of methoxy groups -OCH3 is 4. The van der Waals surface area contributed by atoms with Gasteiger partial charge >= 0.3 is 11.9 Å². The Morgan fingerprint density at radius 1 is 0.517 bits per heavy atom.